The number of hydrogen-bond acceptors (Lipinski definition) is 2. The Kier molecular flexibility index (Phi) is 5.39. The zero-order chi connectivity index (χ0) is 5.54. The second-order valence-corrected chi connectivity index (χ2v) is 1.30. The number of nitrogens with two attached hydrogens (primary N) is 1. The summed E-state index contributed by atoms with van der Waals surface area (Å²) in [6.07, 6.45) is 3.80. The predicted octanol–water partition coefficient (Wildman–Crippen LogP) is 0.843. The van der Waals surface area contributed by atoms with Gasteiger partial charge in [-0.3, -0.25) is 0 Å². The maximum atomic E-state index is 4.73. The largest absolute Gasteiger partial charge is 0.305 e. The summed E-state index contributed by atoms with van der Waals surface area (Å²) in [5, 5.41) is 0. The summed E-state index contributed by atoms with van der Waals surface area (Å²) in [6, 6.07) is 0. The predicted molar refractivity (Wildman–Crippen MR) is 29.6 cm³/mol. The highest BCUT2D eigenvalue weighted by Gasteiger charge is 1.77. The Balaban J connectivity index is 2.56. The Morgan fingerprint density at radius 1 is 1.71 bits per heavy atom. The van der Waals surface area contributed by atoms with Crippen LogP contribution in [0, 0.1) is 0 Å². The van der Waals surface area contributed by atoms with Crippen LogP contribution in [0.5, 0.6) is 0 Å². The summed E-state index contributed by atoms with van der Waals surface area (Å²) in [5.41, 5.74) is 0. The van der Waals surface area contributed by atoms with Crippen LogP contribution in [-0.2, 0) is 4.84 Å². The van der Waals surface area contributed by atoms with Gasteiger partial charge in [-0.25, -0.2) is 5.90 Å². The Hall–Kier alpha value is -0.340. The normalized spacial score (nSPS) is 8.71. The van der Waals surface area contributed by atoms with Gasteiger partial charge in [0.15, 0.2) is 0 Å². The van der Waals surface area contributed by atoms with E-state index in [-0.39, 0.29) is 0 Å². The van der Waals surface area contributed by atoms with Crippen molar-refractivity contribution in [2.45, 2.75) is 12.8 Å². The molecule has 2 nitrogen and oxygen atoms in total. The molecule has 0 radical (unpaired) electrons. The molecule has 0 bridgehead atoms. The minimum absolute atomic E-state index is 0.631. The molecule has 0 atom stereocenters. The first-order valence-corrected chi connectivity index (χ1v) is 2.34. The molecular formula is C5H11NO. The quantitative estimate of drug-likeness (QED) is 0.323. The fraction of sp³-hybridized carbons (Fsp3) is 0.600. The van der Waals surface area contributed by atoms with Crippen molar-refractivity contribution < 1.29 is 4.84 Å². The summed E-state index contributed by atoms with van der Waals surface area (Å²) in [7, 11) is 0. The average Bonchev–Trinajstić information content (AvgIpc) is 1.69. The van der Waals surface area contributed by atoms with Crippen LogP contribution in [0.15, 0.2) is 12.7 Å². The van der Waals surface area contributed by atoms with Crippen LogP contribution in [0.4, 0.5) is 0 Å². The molecule has 2 N–H and O–H groups in total. The lowest BCUT2D eigenvalue weighted by molar-refractivity contribution is 0.136. The molecule has 42 valence electrons. The van der Waals surface area contributed by atoms with Gasteiger partial charge >= 0.3 is 0 Å². The van der Waals surface area contributed by atoms with Crippen LogP contribution in [0.3, 0.4) is 0 Å². The van der Waals surface area contributed by atoms with Gasteiger partial charge in [-0.15, -0.1) is 6.58 Å². The number of rotatable bonds is 4. The van der Waals surface area contributed by atoms with Crippen molar-refractivity contribution in [3.8, 4) is 0 Å². The lowest BCUT2D eigenvalue weighted by atomic mass is 10.3. The van der Waals surface area contributed by atoms with Crippen LogP contribution in [-0.4, -0.2) is 6.61 Å². The highest BCUT2D eigenvalue weighted by molar-refractivity contribution is 4.64. The molecule has 0 unspecified atom stereocenters. The molecular weight excluding hydrogens is 90.1 g/mol. The molecule has 2 heteroatoms. The van der Waals surface area contributed by atoms with Crippen molar-refractivity contribution in [3.05, 3.63) is 12.7 Å². The van der Waals surface area contributed by atoms with Crippen LogP contribution in [0.2, 0.25) is 0 Å². The van der Waals surface area contributed by atoms with Crippen molar-refractivity contribution in [2.75, 3.05) is 6.61 Å². The first kappa shape index (κ1) is 6.66. The van der Waals surface area contributed by atoms with E-state index in [2.05, 4.69) is 11.4 Å². The van der Waals surface area contributed by atoms with Crippen molar-refractivity contribution in [1.82, 2.24) is 0 Å². The zero-order valence-corrected chi connectivity index (χ0v) is 4.39. The molecule has 0 aliphatic rings. The van der Waals surface area contributed by atoms with E-state index in [4.69, 9.17) is 5.90 Å². The molecule has 0 aromatic heterocycles. The van der Waals surface area contributed by atoms with E-state index in [0.29, 0.717) is 6.61 Å². The average molecular weight is 101 g/mol. The zero-order valence-electron chi connectivity index (χ0n) is 4.39. The summed E-state index contributed by atoms with van der Waals surface area (Å²) < 4.78 is 0. The van der Waals surface area contributed by atoms with E-state index in [9.17, 15) is 0 Å². The van der Waals surface area contributed by atoms with Gasteiger partial charge in [0, 0.05) is 0 Å². The highest BCUT2D eigenvalue weighted by atomic mass is 16.6. The molecule has 0 aliphatic heterocycles. The lowest BCUT2D eigenvalue weighted by Gasteiger charge is -1.89. The monoisotopic (exact) mass is 101 g/mol. The summed E-state index contributed by atoms with van der Waals surface area (Å²) in [6.45, 7) is 4.17. The van der Waals surface area contributed by atoms with Gasteiger partial charge in [-0.1, -0.05) is 6.08 Å². The van der Waals surface area contributed by atoms with Gasteiger partial charge < -0.3 is 4.84 Å². The maximum Gasteiger partial charge on any atom is 0.0682 e. The topological polar surface area (TPSA) is 35.2 Å². The number of hydrogen-bond donors (Lipinski definition) is 1. The van der Waals surface area contributed by atoms with Gasteiger partial charge in [-0.2, -0.15) is 0 Å². The lowest BCUT2D eigenvalue weighted by Crippen LogP contribution is -1.99. The van der Waals surface area contributed by atoms with Gasteiger partial charge in [-0.05, 0) is 12.8 Å². The molecule has 0 fully saturated rings. The van der Waals surface area contributed by atoms with E-state index in [0.717, 1.165) is 12.8 Å². The fourth-order valence-corrected chi connectivity index (χ4v) is 0.311. The third-order valence-corrected chi connectivity index (χ3v) is 0.670. The first-order valence-electron chi connectivity index (χ1n) is 2.34. The molecule has 7 heavy (non-hydrogen) atoms. The first-order chi connectivity index (χ1) is 3.41. The molecule has 0 heterocycles. The minimum atomic E-state index is 0.631. The Bertz CT molecular complexity index is 45.3. The Morgan fingerprint density at radius 3 is 2.86 bits per heavy atom. The van der Waals surface area contributed by atoms with Crippen molar-refractivity contribution in [2.24, 2.45) is 5.90 Å². The third kappa shape index (κ3) is 5.66. The Labute approximate surface area is 43.9 Å². The molecule has 0 saturated carbocycles. The standard InChI is InChI=1S/C5H11NO/c1-2-3-4-5-7-6/h2H,1,3-6H2. The molecule has 0 aromatic rings. The fourth-order valence-electron chi connectivity index (χ4n) is 0.311. The van der Waals surface area contributed by atoms with Crippen LogP contribution < -0.4 is 5.90 Å². The summed E-state index contributed by atoms with van der Waals surface area (Å²) >= 11 is 0. The highest BCUT2D eigenvalue weighted by Crippen LogP contribution is 1.86. The van der Waals surface area contributed by atoms with Gasteiger partial charge in [0.25, 0.3) is 0 Å². The van der Waals surface area contributed by atoms with E-state index < -0.39 is 0 Å². The van der Waals surface area contributed by atoms with E-state index in [1.807, 2.05) is 6.08 Å². The van der Waals surface area contributed by atoms with E-state index in [1.54, 1.807) is 0 Å². The summed E-state index contributed by atoms with van der Waals surface area (Å²) in [4.78, 5) is 4.30. The number of allylic oxidation sites excluding steroid dienone is 1. The van der Waals surface area contributed by atoms with Crippen LogP contribution >= 0.6 is 0 Å². The van der Waals surface area contributed by atoms with Crippen molar-refractivity contribution in [3.63, 3.8) is 0 Å². The van der Waals surface area contributed by atoms with Crippen LogP contribution in [0.1, 0.15) is 12.8 Å². The molecule has 0 amide bonds. The van der Waals surface area contributed by atoms with Crippen molar-refractivity contribution in [1.29, 1.82) is 0 Å². The SMILES string of the molecule is C=CCCCON. The maximum absolute atomic E-state index is 4.73. The second-order valence-electron chi connectivity index (χ2n) is 1.30. The molecule has 0 aliphatic carbocycles. The summed E-state index contributed by atoms with van der Waals surface area (Å²) in [5.74, 6) is 4.73. The third-order valence-electron chi connectivity index (χ3n) is 0.670. The van der Waals surface area contributed by atoms with Gasteiger partial charge in [0.1, 0.15) is 0 Å². The molecule has 0 aromatic carbocycles. The smallest absolute Gasteiger partial charge is 0.0682 e. The molecule has 0 saturated heterocycles. The van der Waals surface area contributed by atoms with E-state index in [1.165, 1.54) is 0 Å². The second kappa shape index (κ2) is 5.66. The van der Waals surface area contributed by atoms with Gasteiger partial charge in [0.2, 0.25) is 0 Å². The molecule has 0 rings (SSSR count). The molecule has 0 spiro atoms. The van der Waals surface area contributed by atoms with Gasteiger partial charge in [0.05, 0.1) is 6.61 Å². The minimum Gasteiger partial charge on any atom is -0.305 e. The van der Waals surface area contributed by atoms with E-state index >= 15 is 0 Å². The number of unbranched alkanes of at least 4 members (excludes halogenated alkanes) is 1. The van der Waals surface area contributed by atoms with Crippen LogP contribution in [0.25, 0.3) is 0 Å². The van der Waals surface area contributed by atoms with Crippen molar-refractivity contribution >= 4 is 0 Å². The Morgan fingerprint density at radius 2 is 2.43 bits per heavy atom.